The minimum absolute atomic E-state index is 0.0107. The molecule has 0 aromatic rings. The molecular weight excluding hydrogens is 262 g/mol. The lowest BCUT2D eigenvalue weighted by atomic mass is 9.87. The second-order valence-corrected chi connectivity index (χ2v) is 7.20. The highest BCUT2D eigenvalue weighted by Crippen LogP contribution is 2.28. The lowest BCUT2D eigenvalue weighted by Crippen LogP contribution is -2.56. The van der Waals surface area contributed by atoms with Crippen molar-refractivity contribution in [3.63, 3.8) is 0 Å². The number of nitrogens with zero attached hydrogens (tertiary/aromatic N) is 1. The van der Waals surface area contributed by atoms with Crippen LogP contribution in [-0.2, 0) is 14.3 Å². The molecule has 0 saturated carbocycles. The van der Waals surface area contributed by atoms with Gasteiger partial charge in [0.1, 0.15) is 5.60 Å². The number of rotatable bonds is 1. The van der Waals surface area contributed by atoms with E-state index in [0.717, 1.165) is 0 Å². The summed E-state index contributed by atoms with van der Waals surface area (Å²) in [6, 6.07) is 0. The van der Waals surface area contributed by atoms with E-state index in [-0.39, 0.29) is 18.1 Å². The Morgan fingerprint density at radius 1 is 1.15 bits per heavy atom. The van der Waals surface area contributed by atoms with Gasteiger partial charge in [0.25, 0.3) is 0 Å². The van der Waals surface area contributed by atoms with Crippen molar-refractivity contribution < 1.29 is 24.2 Å². The Bertz CT molecular complexity index is 380. The number of amides is 1. The van der Waals surface area contributed by atoms with E-state index in [1.807, 2.05) is 20.8 Å². The molecule has 1 saturated heterocycles. The highest BCUT2D eigenvalue weighted by atomic mass is 16.6. The van der Waals surface area contributed by atoms with Crippen LogP contribution in [0.5, 0.6) is 0 Å². The topological polar surface area (TPSA) is 76.1 Å². The Balaban J connectivity index is 2.85. The van der Waals surface area contributed by atoms with Gasteiger partial charge in [-0.05, 0) is 26.2 Å². The van der Waals surface area contributed by atoms with E-state index >= 15 is 0 Å². The summed E-state index contributed by atoms with van der Waals surface area (Å²) in [6.45, 7) is 11.5. The summed E-state index contributed by atoms with van der Waals surface area (Å²) in [4.78, 5) is 24.7. The first-order valence-electron chi connectivity index (χ1n) is 6.76. The fraction of sp³-hybridized carbons (Fsp3) is 0.857. The predicted molar refractivity (Wildman–Crippen MR) is 73.6 cm³/mol. The standard InChI is InChI=1S/C14H25NO5/c1-13(2,3)10-8-15(7-9(19-10)11(16)17)12(18)20-14(4,5)6/h9-10H,7-8H2,1-6H3,(H,16,17)/t9-,10-/m1/s1. The number of carboxylic acid groups (broad SMARTS) is 1. The minimum atomic E-state index is -1.06. The zero-order chi connectivity index (χ0) is 15.7. The number of carbonyl (C=O) groups is 2. The number of carbonyl (C=O) groups excluding carboxylic acids is 1. The zero-order valence-corrected chi connectivity index (χ0v) is 13.1. The smallest absolute Gasteiger partial charge is 0.410 e. The lowest BCUT2D eigenvalue weighted by Gasteiger charge is -2.42. The van der Waals surface area contributed by atoms with Crippen molar-refractivity contribution >= 4 is 12.1 Å². The summed E-state index contributed by atoms with van der Waals surface area (Å²) in [7, 11) is 0. The highest BCUT2D eigenvalue weighted by molar-refractivity contribution is 5.75. The third kappa shape index (κ3) is 4.67. The summed E-state index contributed by atoms with van der Waals surface area (Å²) in [5.41, 5.74) is -0.861. The van der Waals surface area contributed by atoms with Crippen LogP contribution in [0.15, 0.2) is 0 Å². The van der Waals surface area contributed by atoms with Crippen molar-refractivity contribution in [1.29, 1.82) is 0 Å². The van der Waals surface area contributed by atoms with Gasteiger partial charge in [0.15, 0.2) is 6.10 Å². The van der Waals surface area contributed by atoms with Crippen LogP contribution in [0.2, 0.25) is 0 Å². The van der Waals surface area contributed by atoms with E-state index in [1.54, 1.807) is 20.8 Å². The molecule has 1 heterocycles. The molecule has 2 atom stereocenters. The summed E-state index contributed by atoms with van der Waals surface area (Å²) in [5.74, 6) is -1.06. The van der Waals surface area contributed by atoms with E-state index in [4.69, 9.17) is 14.6 Å². The van der Waals surface area contributed by atoms with Crippen LogP contribution >= 0.6 is 0 Å². The van der Waals surface area contributed by atoms with Gasteiger partial charge in [0.2, 0.25) is 0 Å². The number of ether oxygens (including phenoxy) is 2. The fourth-order valence-corrected chi connectivity index (χ4v) is 1.85. The van der Waals surface area contributed by atoms with Gasteiger partial charge >= 0.3 is 12.1 Å². The first-order valence-corrected chi connectivity index (χ1v) is 6.76. The largest absolute Gasteiger partial charge is 0.479 e. The van der Waals surface area contributed by atoms with E-state index in [2.05, 4.69) is 0 Å². The van der Waals surface area contributed by atoms with Crippen LogP contribution in [0.25, 0.3) is 0 Å². The van der Waals surface area contributed by atoms with Gasteiger partial charge in [-0.15, -0.1) is 0 Å². The number of carboxylic acids is 1. The summed E-state index contributed by atoms with van der Waals surface area (Å²) < 4.78 is 10.9. The number of hydrogen-bond donors (Lipinski definition) is 1. The number of morpholine rings is 1. The van der Waals surface area contributed by atoms with Gasteiger partial charge in [-0.3, -0.25) is 0 Å². The van der Waals surface area contributed by atoms with Crippen molar-refractivity contribution in [1.82, 2.24) is 4.90 Å². The predicted octanol–water partition coefficient (Wildman–Crippen LogP) is 2.12. The van der Waals surface area contributed by atoms with Gasteiger partial charge in [0.05, 0.1) is 19.2 Å². The van der Waals surface area contributed by atoms with Crippen LogP contribution < -0.4 is 0 Å². The first-order chi connectivity index (χ1) is 8.90. The van der Waals surface area contributed by atoms with Crippen LogP contribution in [0.4, 0.5) is 4.79 Å². The van der Waals surface area contributed by atoms with E-state index < -0.39 is 23.8 Å². The van der Waals surface area contributed by atoms with Crippen molar-refractivity contribution in [3.05, 3.63) is 0 Å². The molecule has 1 N–H and O–H groups in total. The first kappa shape index (κ1) is 16.8. The molecule has 1 fully saturated rings. The molecule has 1 rings (SSSR count). The van der Waals surface area contributed by atoms with Gasteiger partial charge in [-0.25, -0.2) is 9.59 Å². The second-order valence-electron chi connectivity index (χ2n) is 7.20. The maximum Gasteiger partial charge on any atom is 0.410 e. The molecule has 0 bridgehead atoms. The Hall–Kier alpha value is -1.30. The Labute approximate surface area is 120 Å². The molecule has 1 aliphatic heterocycles. The fourth-order valence-electron chi connectivity index (χ4n) is 1.85. The Morgan fingerprint density at radius 3 is 2.10 bits per heavy atom. The average Bonchev–Trinajstić information content (AvgIpc) is 2.24. The summed E-state index contributed by atoms with van der Waals surface area (Å²) >= 11 is 0. The third-order valence-electron chi connectivity index (χ3n) is 2.99. The molecule has 1 aliphatic rings. The van der Waals surface area contributed by atoms with Crippen LogP contribution in [-0.4, -0.2) is 53.0 Å². The molecule has 0 radical (unpaired) electrons. The van der Waals surface area contributed by atoms with Gasteiger partial charge in [-0.2, -0.15) is 0 Å². The lowest BCUT2D eigenvalue weighted by molar-refractivity contribution is -0.171. The van der Waals surface area contributed by atoms with E-state index in [0.29, 0.717) is 6.54 Å². The molecule has 1 amide bonds. The highest BCUT2D eigenvalue weighted by Gasteiger charge is 2.40. The van der Waals surface area contributed by atoms with Crippen LogP contribution in [0.3, 0.4) is 0 Å². The van der Waals surface area contributed by atoms with Crippen molar-refractivity contribution in [2.45, 2.75) is 59.4 Å². The maximum atomic E-state index is 12.1. The van der Waals surface area contributed by atoms with E-state index in [9.17, 15) is 9.59 Å². The Morgan fingerprint density at radius 2 is 1.70 bits per heavy atom. The van der Waals surface area contributed by atoms with Gasteiger partial charge in [0, 0.05) is 0 Å². The molecule has 116 valence electrons. The average molecular weight is 287 g/mol. The minimum Gasteiger partial charge on any atom is -0.479 e. The van der Waals surface area contributed by atoms with Crippen molar-refractivity contribution in [2.75, 3.05) is 13.1 Å². The van der Waals surface area contributed by atoms with Crippen LogP contribution in [0.1, 0.15) is 41.5 Å². The number of hydrogen-bond acceptors (Lipinski definition) is 4. The molecule has 0 aromatic carbocycles. The normalized spacial score (nSPS) is 24.4. The zero-order valence-electron chi connectivity index (χ0n) is 13.1. The number of aliphatic carboxylic acids is 1. The molecule has 6 heteroatoms. The maximum absolute atomic E-state index is 12.1. The monoisotopic (exact) mass is 287 g/mol. The third-order valence-corrected chi connectivity index (χ3v) is 2.99. The molecule has 0 unspecified atom stereocenters. The van der Waals surface area contributed by atoms with Crippen molar-refractivity contribution in [3.8, 4) is 0 Å². The molecule has 20 heavy (non-hydrogen) atoms. The van der Waals surface area contributed by atoms with Gasteiger partial charge in [-0.1, -0.05) is 20.8 Å². The molecular formula is C14H25NO5. The summed E-state index contributed by atoms with van der Waals surface area (Å²) in [5, 5.41) is 9.15. The van der Waals surface area contributed by atoms with Crippen molar-refractivity contribution in [2.24, 2.45) is 5.41 Å². The molecule has 0 aliphatic carbocycles. The SMILES string of the molecule is CC(C)(C)OC(=O)N1C[C@H](C(=O)O)O[C@@H](C(C)(C)C)C1. The Kier molecular flexibility index (Phi) is 4.69. The quantitative estimate of drug-likeness (QED) is 0.799. The second kappa shape index (κ2) is 5.60. The van der Waals surface area contributed by atoms with E-state index in [1.165, 1.54) is 4.90 Å². The van der Waals surface area contributed by atoms with Gasteiger partial charge < -0.3 is 19.5 Å². The summed E-state index contributed by atoms with van der Waals surface area (Å²) in [6.07, 6.45) is -1.85. The molecule has 6 nitrogen and oxygen atoms in total. The molecule has 0 aromatic heterocycles. The molecule has 0 spiro atoms. The van der Waals surface area contributed by atoms with Crippen LogP contribution in [0, 0.1) is 5.41 Å².